The number of imidazole rings is 1. The van der Waals surface area contributed by atoms with Crippen LogP contribution in [0.5, 0.6) is 0 Å². The van der Waals surface area contributed by atoms with E-state index in [2.05, 4.69) is 19.9 Å². The first-order chi connectivity index (χ1) is 6.09. The zero-order chi connectivity index (χ0) is 9.47. The van der Waals surface area contributed by atoms with Crippen molar-refractivity contribution in [1.82, 2.24) is 19.9 Å². The maximum Gasteiger partial charge on any atom is 0.181 e. The van der Waals surface area contributed by atoms with E-state index in [0.717, 1.165) is 0 Å². The lowest BCUT2D eigenvalue weighted by molar-refractivity contribution is 0.676. The molecule has 0 aliphatic rings. The fourth-order valence-corrected chi connectivity index (χ4v) is 1.83. The molecule has 13 heavy (non-hydrogen) atoms. The van der Waals surface area contributed by atoms with Gasteiger partial charge in [0.15, 0.2) is 10.7 Å². The van der Waals surface area contributed by atoms with Gasteiger partial charge in [-0.1, -0.05) is 0 Å². The number of nitrogens with one attached hydrogen (secondary N) is 2. The third-order valence-electron chi connectivity index (χ3n) is 1.56. The SMILES string of the molecule is CS(=N)(=O)c1ncnc2nc[nH]c12. The first-order valence-electron chi connectivity index (χ1n) is 3.47. The van der Waals surface area contributed by atoms with Crippen LogP contribution >= 0.6 is 0 Å². The summed E-state index contributed by atoms with van der Waals surface area (Å²) in [5, 5.41) is 0.204. The Morgan fingerprint density at radius 3 is 2.92 bits per heavy atom. The van der Waals surface area contributed by atoms with Gasteiger partial charge in [0.05, 0.1) is 16.1 Å². The van der Waals surface area contributed by atoms with Gasteiger partial charge >= 0.3 is 0 Å². The summed E-state index contributed by atoms with van der Waals surface area (Å²) >= 11 is 0. The van der Waals surface area contributed by atoms with Crippen molar-refractivity contribution in [3.05, 3.63) is 12.7 Å². The standard InChI is InChI=1S/C6H7N5OS/c1-13(7,12)6-4-5(9-2-8-4)10-3-11-6/h2-3,7H,1H3,(H,8,9,10,11). The van der Waals surface area contributed by atoms with Crippen LogP contribution in [0.1, 0.15) is 0 Å². The van der Waals surface area contributed by atoms with Crippen LogP contribution in [-0.2, 0) is 9.73 Å². The molecule has 0 fully saturated rings. The van der Waals surface area contributed by atoms with Crippen molar-refractivity contribution in [3.8, 4) is 0 Å². The van der Waals surface area contributed by atoms with E-state index in [1.807, 2.05) is 0 Å². The van der Waals surface area contributed by atoms with Crippen LogP contribution in [0.4, 0.5) is 0 Å². The molecule has 0 aliphatic heterocycles. The van der Waals surface area contributed by atoms with Crippen molar-refractivity contribution in [2.45, 2.75) is 5.03 Å². The molecule has 0 saturated carbocycles. The normalized spacial score (nSPS) is 15.8. The van der Waals surface area contributed by atoms with Crippen molar-refractivity contribution >= 4 is 20.9 Å². The lowest BCUT2D eigenvalue weighted by atomic mass is 10.6. The molecule has 1 unspecified atom stereocenters. The highest BCUT2D eigenvalue weighted by Gasteiger charge is 2.11. The molecule has 2 rings (SSSR count). The number of H-pyrrole nitrogens is 1. The zero-order valence-corrected chi connectivity index (χ0v) is 7.63. The fraction of sp³-hybridized carbons (Fsp3) is 0.167. The van der Waals surface area contributed by atoms with E-state index in [1.165, 1.54) is 18.9 Å². The van der Waals surface area contributed by atoms with E-state index in [4.69, 9.17) is 4.78 Å². The van der Waals surface area contributed by atoms with Crippen LogP contribution in [0.25, 0.3) is 11.2 Å². The molecule has 0 radical (unpaired) electrons. The van der Waals surface area contributed by atoms with Gasteiger partial charge in [0.25, 0.3) is 0 Å². The Labute approximate surface area is 74.4 Å². The zero-order valence-electron chi connectivity index (χ0n) is 6.81. The van der Waals surface area contributed by atoms with Gasteiger partial charge in [0.1, 0.15) is 11.8 Å². The Hall–Kier alpha value is -1.50. The first-order valence-corrected chi connectivity index (χ1v) is 5.43. The van der Waals surface area contributed by atoms with E-state index in [1.54, 1.807) is 0 Å². The Bertz CT molecular complexity index is 543. The summed E-state index contributed by atoms with van der Waals surface area (Å²) in [6.45, 7) is 0. The van der Waals surface area contributed by atoms with Crippen molar-refractivity contribution < 1.29 is 4.21 Å². The monoisotopic (exact) mass is 197 g/mol. The molecule has 0 bridgehead atoms. The molecule has 0 amide bonds. The second-order valence-electron chi connectivity index (χ2n) is 2.62. The van der Waals surface area contributed by atoms with Crippen LogP contribution in [0.15, 0.2) is 17.7 Å². The van der Waals surface area contributed by atoms with Crippen molar-refractivity contribution in [2.75, 3.05) is 6.26 Å². The van der Waals surface area contributed by atoms with Gasteiger partial charge < -0.3 is 4.98 Å². The summed E-state index contributed by atoms with van der Waals surface area (Å²) in [5.74, 6) is 0. The minimum absolute atomic E-state index is 0.204. The van der Waals surface area contributed by atoms with Gasteiger partial charge in [-0.15, -0.1) is 0 Å². The molecular weight excluding hydrogens is 190 g/mol. The number of rotatable bonds is 1. The Kier molecular flexibility index (Phi) is 1.56. The summed E-state index contributed by atoms with van der Waals surface area (Å²) in [5.41, 5.74) is 0.914. The van der Waals surface area contributed by atoms with E-state index in [0.29, 0.717) is 11.2 Å². The molecule has 2 aromatic heterocycles. The van der Waals surface area contributed by atoms with E-state index in [-0.39, 0.29) is 5.03 Å². The number of aromatic nitrogens is 4. The highest BCUT2D eigenvalue weighted by molar-refractivity contribution is 7.91. The predicted octanol–water partition coefficient (Wildman–Crippen LogP) is 0.388. The minimum Gasteiger partial charge on any atom is -0.341 e. The molecule has 0 saturated heterocycles. The van der Waals surface area contributed by atoms with E-state index < -0.39 is 9.73 Å². The van der Waals surface area contributed by atoms with Crippen molar-refractivity contribution in [1.29, 1.82) is 4.78 Å². The molecule has 2 heterocycles. The highest BCUT2D eigenvalue weighted by Crippen LogP contribution is 2.14. The average Bonchev–Trinajstić information content (AvgIpc) is 2.48. The summed E-state index contributed by atoms with van der Waals surface area (Å²) in [7, 11) is -2.82. The smallest absolute Gasteiger partial charge is 0.181 e. The van der Waals surface area contributed by atoms with Crippen LogP contribution in [-0.4, -0.2) is 30.4 Å². The van der Waals surface area contributed by atoms with E-state index >= 15 is 0 Å². The van der Waals surface area contributed by atoms with Gasteiger partial charge in [-0.25, -0.2) is 23.9 Å². The number of hydrogen-bond acceptors (Lipinski definition) is 5. The third kappa shape index (κ3) is 1.26. The summed E-state index contributed by atoms with van der Waals surface area (Å²) in [6.07, 6.45) is 4.01. The van der Waals surface area contributed by atoms with Crippen molar-refractivity contribution in [2.24, 2.45) is 0 Å². The number of aromatic amines is 1. The summed E-state index contributed by atoms with van der Waals surface area (Å²) in [6, 6.07) is 0. The maximum absolute atomic E-state index is 11.4. The average molecular weight is 197 g/mol. The molecule has 2 aromatic rings. The second kappa shape index (κ2) is 2.49. The number of fused-ring (bicyclic) bond motifs is 1. The topological polar surface area (TPSA) is 95.4 Å². The highest BCUT2D eigenvalue weighted by atomic mass is 32.2. The Balaban J connectivity index is 2.91. The lowest BCUT2D eigenvalue weighted by Gasteiger charge is -1.98. The van der Waals surface area contributed by atoms with Crippen LogP contribution in [0, 0.1) is 4.78 Å². The molecular formula is C6H7N5OS. The number of nitrogens with zero attached hydrogens (tertiary/aromatic N) is 3. The molecule has 6 nitrogen and oxygen atoms in total. The number of hydrogen-bond donors (Lipinski definition) is 2. The van der Waals surface area contributed by atoms with Gasteiger partial charge in [-0.2, -0.15) is 0 Å². The molecule has 0 aliphatic carbocycles. The van der Waals surface area contributed by atoms with Gasteiger partial charge in [0.2, 0.25) is 0 Å². The van der Waals surface area contributed by atoms with Crippen LogP contribution < -0.4 is 0 Å². The van der Waals surface area contributed by atoms with Gasteiger partial charge in [0, 0.05) is 6.26 Å². The van der Waals surface area contributed by atoms with Gasteiger partial charge in [-0.3, -0.25) is 0 Å². The summed E-state index contributed by atoms with van der Waals surface area (Å²) < 4.78 is 18.8. The molecule has 1 atom stereocenters. The Morgan fingerprint density at radius 2 is 2.23 bits per heavy atom. The van der Waals surface area contributed by atoms with Crippen LogP contribution in [0.3, 0.4) is 0 Å². The largest absolute Gasteiger partial charge is 0.341 e. The molecule has 2 N–H and O–H groups in total. The predicted molar refractivity (Wildman–Crippen MR) is 46.7 cm³/mol. The van der Waals surface area contributed by atoms with E-state index in [9.17, 15) is 4.21 Å². The third-order valence-corrected chi connectivity index (χ3v) is 2.60. The lowest BCUT2D eigenvalue weighted by Crippen LogP contribution is -2.00. The first kappa shape index (κ1) is 8.11. The van der Waals surface area contributed by atoms with Crippen molar-refractivity contribution in [3.63, 3.8) is 0 Å². The molecule has 68 valence electrons. The second-order valence-corrected chi connectivity index (χ2v) is 4.70. The maximum atomic E-state index is 11.4. The van der Waals surface area contributed by atoms with Gasteiger partial charge in [-0.05, 0) is 0 Å². The molecule has 7 heteroatoms. The fourth-order valence-electron chi connectivity index (χ4n) is 1.04. The quantitative estimate of drug-likeness (QED) is 0.646. The van der Waals surface area contributed by atoms with Crippen LogP contribution in [0.2, 0.25) is 0 Å². The minimum atomic E-state index is -2.82. The summed E-state index contributed by atoms with van der Waals surface area (Å²) in [4.78, 5) is 14.3. The molecule has 0 aromatic carbocycles. The molecule has 0 spiro atoms. The Morgan fingerprint density at radius 1 is 1.46 bits per heavy atom.